The number of hydrogen-bond acceptors (Lipinski definition) is 5. The van der Waals surface area contributed by atoms with Gasteiger partial charge in [-0.1, -0.05) is 84.6 Å². The quantitative estimate of drug-likeness (QED) is 0.185. The Balaban J connectivity index is 1.52. The molecule has 0 saturated heterocycles. The van der Waals surface area contributed by atoms with E-state index in [-0.39, 0.29) is 22.7 Å². The summed E-state index contributed by atoms with van der Waals surface area (Å²) in [5.74, 6) is 0.134. The maximum atomic E-state index is 14.1. The van der Waals surface area contributed by atoms with E-state index in [1.807, 2.05) is 84.9 Å². The minimum atomic E-state index is -4.06. The molecule has 5 rings (SSSR count). The lowest BCUT2D eigenvalue weighted by atomic mass is 10.1. The van der Waals surface area contributed by atoms with Gasteiger partial charge in [0, 0.05) is 9.79 Å². The van der Waals surface area contributed by atoms with Crippen molar-refractivity contribution in [2.24, 2.45) is 0 Å². The van der Waals surface area contributed by atoms with Crippen LogP contribution in [0, 0.1) is 0 Å². The Kier molecular flexibility index (Phi) is 8.72. The highest BCUT2D eigenvalue weighted by Gasteiger charge is 2.29. The standard InChI is InChI=1S/C33H28N2O4S2/c1-39-26-20-22-28(23-21-26)41(37,38)35(24-25-12-4-2-5-13-25)31-18-10-8-16-29(31)33(36)34-30-17-9-11-19-32(30)40-27-14-6-3-7-15-27/h2-23H,24H2,1H3,(H,34,36). The minimum Gasteiger partial charge on any atom is -0.497 e. The largest absolute Gasteiger partial charge is 0.497 e. The molecule has 5 aromatic carbocycles. The van der Waals surface area contributed by atoms with Crippen LogP contribution in [-0.2, 0) is 16.6 Å². The number of nitrogens with zero attached hydrogens (tertiary/aromatic N) is 1. The summed E-state index contributed by atoms with van der Waals surface area (Å²) < 4.78 is 34.6. The first-order chi connectivity index (χ1) is 20.0. The normalized spacial score (nSPS) is 11.0. The van der Waals surface area contributed by atoms with E-state index in [1.54, 1.807) is 36.4 Å². The number of benzene rings is 5. The van der Waals surface area contributed by atoms with Crippen molar-refractivity contribution in [1.29, 1.82) is 0 Å². The molecule has 0 spiro atoms. The van der Waals surface area contributed by atoms with E-state index in [0.29, 0.717) is 11.4 Å². The molecule has 1 amide bonds. The van der Waals surface area contributed by atoms with E-state index in [2.05, 4.69) is 5.32 Å². The van der Waals surface area contributed by atoms with Crippen LogP contribution in [0.2, 0.25) is 0 Å². The van der Waals surface area contributed by atoms with Crippen molar-refractivity contribution in [1.82, 2.24) is 0 Å². The molecule has 0 aliphatic rings. The molecule has 5 aromatic rings. The van der Waals surface area contributed by atoms with Crippen molar-refractivity contribution in [2.75, 3.05) is 16.7 Å². The maximum Gasteiger partial charge on any atom is 0.264 e. The molecule has 0 unspecified atom stereocenters. The van der Waals surface area contributed by atoms with Crippen molar-refractivity contribution >= 4 is 39.1 Å². The van der Waals surface area contributed by atoms with E-state index < -0.39 is 15.9 Å². The van der Waals surface area contributed by atoms with Crippen LogP contribution in [0.4, 0.5) is 11.4 Å². The van der Waals surface area contributed by atoms with Gasteiger partial charge in [0.2, 0.25) is 0 Å². The molecular formula is C33H28N2O4S2. The van der Waals surface area contributed by atoms with E-state index in [1.165, 1.54) is 35.3 Å². The number of nitrogens with one attached hydrogen (secondary N) is 1. The fraction of sp³-hybridized carbons (Fsp3) is 0.0606. The van der Waals surface area contributed by atoms with Crippen molar-refractivity contribution in [3.63, 3.8) is 0 Å². The third-order valence-corrected chi connectivity index (χ3v) is 9.20. The molecule has 0 aliphatic carbocycles. The number of methoxy groups -OCH3 is 1. The first kappa shape index (κ1) is 28.0. The van der Waals surface area contributed by atoms with E-state index in [9.17, 15) is 13.2 Å². The van der Waals surface area contributed by atoms with Gasteiger partial charge in [0.15, 0.2) is 0 Å². The molecule has 41 heavy (non-hydrogen) atoms. The molecule has 0 aliphatic heterocycles. The van der Waals surface area contributed by atoms with Gasteiger partial charge in [-0.3, -0.25) is 9.10 Å². The predicted molar refractivity (Wildman–Crippen MR) is 164 cm³/mol. The van der Waals surface area contributed by atoms with Crippen LogP contribution in [0.15, 0.2) is 148 Å². The van der Waals surface area contributed by atoms with Crippen molar-refractivity contribution in [3.05, 3.63) is 145 Å². The minimum absolute atomic E-state index is 0.0416. The number of carbonyl (C=O) groups is 1. The molecule has 0 heterocycles. The van der Waals surface area contributed by atoms with Gasteiger partial charge in [0.25, 0.3) is 15.9 Å². The summed E-state index contributed by atoms with van der Waals surface area (Å²) in [5.41, 5.74) is 1.93. The molecule has 0 aromatic heterocycles. The average Bonchev–Trinajstić information content (AvgIpc) is 3.02. The second-order valence-electron chi connectivity index (χ2n) is 9.06. The van der Waals surface area contributed by atoms with Crippen molar-refractivity contribution in [3.8, 4) is 5.75 Å². The summed E-state index contributed by atoms with van der Waals surface area (Å²) in [6, 6.07) is 39.7. The number of anilines is 2. The van der Waals surface area contributed by atoms with Gasteiger partial charge in [-0.2, -0.15) is 0 Å². The Morgan fingerprint density at radius 3 is 2.07 bits per heavy atom. The number of amides is 1. The first-order valence-electron chi connectivity index (χ1n) is 12.9. The summed E-state index contributed by atoms with van der Waals surface area (Å²) >= 11 is 1.54. The third-order valence-electron chi connectivity index (χ3n) is 6.34. The van der Waals surface area contributed by atoms with Crippen LogP contribution in [0.1, 0.15) is 15.9 Å². The number of ether oxygens (including phenoxy) is 1. The Morgan fingerprint density at radius 1 is 0.756 bits per heavy atom. The monoisotopic (exact) mass is 580 g/mol. The number of carbonyl (C=O) groups excluding carboxylic acids is 1. The molecule has 6 nitrogen and oxygen atoms in total. The van der Waals surface area contributed by atoms with Gasteiger partial charge in [0.1, 0.15) is 5.75 Å². The van der Waals surface area contributed by atoms with Crippen molar-refractivity contribution < 1.29 is 17.9 Å². The zero-order valence-corrected chi connectivity index (χ0v) is 23.9. The zero-order valence-electron chi connectivity index (χ0n) is 22.3. The van der Waals surface area contributed by atoms with Gasteiger partial charge in [-0.15, -0.1) is 0 Å². The summed E-state index contributed by atoms with van der Waals surface area (Å²) in [4.78, 5) is 15.8. The lowest BCUT2D eigenvalue weighted by Crippen LogP contribution is -2.32. The van der Waals surface area contributed by atoms with E-state index in [4.69, 9.17) is 4.74 Å². The SMILES string of the molecule is COc1ccc(S(=O)(=O)N(Cc2ccccc2)c2ccccc2C(=O)Nc2ccccc2Sc2ccccc2)cc1. The second-order valence-corrected chi connectivity index (χ2v) is 12.0. The van der Waals surface area contributed by atoms with Gasteiger partial charge in [0.05, 0.1) is 35.5 Å². The van der Waals surface area contributed by atoms with Crippen LogP contribution >= 0.6 is 11.8 Å². The molecular weight excluding hydrogens is 553 g/mol. The van der Waals surface area contributed by atoms with E-state index >= 15 is 0 Å². The molecule has 8 heteroatoms. The Hall–Kier alpha value is -4.53. The summed E-state index contributed by atoms with van der Waals surface area (Å²) in [5, 5.41) is 3.01. The number of rotatable bonds is 10. The molecule has 0 fully saturated rings. The summed E-state index contributed by atoms with van der Waals surface area (Å²) in [7, 11) is -2.54. The van der Waals surface area contributed by atoms with Crippen LogP contribution in [-0.4, -0.2) is 21.4 Å². The Morgan fingerprint density at radius 2 is 1.37 bits per heavy atom. The van der Waals surface area contributed by atoms with Crippen LogP contribution in [0.3, 0.4) is 0 Å². The Bertz CT molecular complexity index is 1730. The lowest BCUT2D eigenvalue weighted by Gasteiger charge is -2.27. The number of hydrogen-bond donors (Lipinski definition) is 1. The molecule has 0 atom stereocenters. The highest BCUT2D eigenvalue weighted by molar-refractivity contribution is 7.99. The Labute approximate surface area is 244 Å². The van der Waals surface area contributed by atoms with Gasteiger partial charge in [-0.05, 0) is 66.2 Å². The second kappa shape index (κ2) is 12.8. The molecule has 0 radical (unpaired) electrons. The van der Waals surface area contributed by atoms with Crippen LogP contribution in [0.25, 0.3) is 0 Å². The van der Waals surface area contributed by atoms with Crippen LogP contribution < -0.4 is 14.4 Å². The topological polar surface area (TPSA) is 75.7 Å². The maximum absolute atomic E-state index is 14.1. The highest BCUT2D eigenvalue weighted by atomic mass is 32.2. The zero-order chi connectivity index (χ0) is 28.7. The smallest absolute Gasteiger partial charge is 0.264 e. The van der Waals surface area contributed by atoms with Gasteiger partial charge >= 0.3 is 0 Å². The predicted octanol–water partition coefficient (Wildman–Crippen LogP) is 7.49. The molecule has 0 bridgehead atoms. The van der Waals surface area contributed by atoms with Gasteiger partial charge in [-0.25, -0.2) is 8.42 Å². The highest BCUT2D eigenvalue weighted by Crippen LogP contribution is 2.35. The number of para-hydroxylation sites is 2. The average molecular weight is 581 g/mol. The molecule has 0 saturated carbocycles. The summed E-state index contributed by atoms with van der Waals surface area (Å²) in [6.45, 7) is 0.0416. The number of sulfonamides is 1. The van der Waals surface area contributed by atoms with Crippen LogP contribution in [0.5, 0.6) is 5.75 Å². The summed E-state index contributed by atoms with van der Waals surface area (Å²) in [6.07, 6.45) is 0. The van der Waals surface area contributed by atoms with Crippen molar-refractivity contribution in [2.45, 2.75) is 21.2 Å². The fourth-order valence-corrected chi connectivity index (χ4v) is 6.67. The van der Waals surface area contributed by atoms with Gasteiger partial charge < -0.3 is 10.1 Å². The van der Waals surface area contributed by atoms with E-state index in [0.717, 1.165) is 15.4 Å². The lowest BCUT2D eigenvalue weighted by molar-refractivity contribution is 0.102. The fourth-order valence-electron chi connectivity index (χ4n) is 4.27. The first-order valence-corrected chi connectivity index (χ1v) is 15.1. The molecule has 1 N–H and O–H groups in total. The molecule has 206 valence electrons. The third kappa shape index (κ3) is 6.62.